The van der Waals surface area contributed by atoms with E-state index in [4.69, 9.17) is 4.74 Å². The standard InChI is InChI=1S/C15H20FNO3/c1-9-11(15(18)19)7-8-17(9)10(2)14-12(16)5-4-6-13(14)20-3/h4-6,9-11H,7-8H2,1-3H3,(H,18,19). The van der Waals surface area contributed by atoms with E-state index in [0.29, 0.717) is 24.3 Å². The fourth-order valence-electron chi connectivity index (χ4n) is 3.11. The topological polar surface area (TPSA) is 49.8 Å². The molecule has 0 spiro atoms. The third-order valence-corrected chi connectivity index (χ3v) is 4.27. The normalized spacial score (nSPS) is 24.6. The number of halogens is 1. The van der Waals surface area contributed by atoms with Gasteiger partial charge in [-0.05, 0) is 38.9 Å². The summed E-state index contributed by atoms with van der Waals surface area (Å²) in [7, 11) is 1.51. The summed E-state index contributed by atoms with van der Waals surface area (Å²) >= 11 is 0. The molecule has 1 aliphatic rings. The molecule has 1 saturated heterocycles. The number of ether oxygens (including phenoxy) is 1. The second-order valence-corrected chi connectivity index (χ2v) is 5.24. The van der Waals surface area contributed by atoms with Gasteiger partial charge in [0.05, 0.1) is 13.0 Å². The Labute approximate surface area is 118 Å². The molecular formula is C15H20FNO3. The van der Waals surface area contributed by atoms with E-state index >= 15 is 0 Å². The van der Waals surface area contributed by atoms with Gasteiger partial charge in [-0.1, -0.05) is 6.07 Å². The third kappa shape index (κ3) is 2.50. The molecule has 1 N–H and O–H groups in total. The molecule has 1 fully saturated rings. The summed E-state index contributed by atoms with van der Waals surface area (Å²) in [6.07, 6.45) is 0.595. The van der Waals surface area contributed by atoms with Gasteiger partial charge in [-0.3, -0.25) is 9.69 Å². The van der Waals surface area contributed by atoms with E-state index in [-0.39, 0.29) is 17.9 Å². The number of methoxy groups -OCH3 is 1. The summed E-state index contributed by atoms with van der Waals surface area (Å²) in [5.41, 5.74) is 0.493. The van der Waals surface area contributed by atoms with Crippen molar-refractivity contribution >= 4 is 5.97 Å². The van der Waals surface area contributed by atoms with E-state index in [1.165, 1.54) is 13.2 Å². The molecule has 4 nitrogen and oxygen atoms in total. The Balaban J connectivity index is 2.29. The lowest BCUT2D eigenvalue weighted by Gasteiger charge is -2.31. The van der Waals surface area contributed by atoms with E-state index in [9.17, 15) is 14.3 Å². The Kier molecular flexibility index (Phi) is 4.28. The first-order valence-electron chi connectivity index (χ1n) is 6.78. The van der Waals surface area contributed by atoms with Crippen LogP contribution in [-0.2, 0) is 4.79 Å². The van der Waals surface area contributed by atoms with Crippen LogP contribution in [0.1, 0.15) is 31.9 Å². The number of likely N-dealkylation sites (tertiary alicyclic amines) is 1. The molecule has 110 valence electrons. The molecule has 0 aliphatic carbocycles. The van der Waals surface area contributed by atoms with E-state index in [0.717, 1.165) is 0 Å². The number of aliphatic carboxylic acids is 1. The maximum Gasteiger partial charge on any atom is 0.308 e. The SMILES string of the molecule is COc1cccc(F)c1C(C)N1CCC(C(=O)O)C1C. The Morgan fingerprint density at radius 3 is 2.80 bits per heavy atom. The average molecular weight is 281 g/mol. The second kappa shape index (κ2) is 5.79. The fraction of sp³-hybridized carbons (Fsp3) is 0.533. The van der Waals surface area contributed by atoms with Crippen molar-refractivity contribution in [2.24, 2.45) is 5.92 Å². The lowest BCUT2D eigenvalue weighted by atomic mass is 10.00. The fourth-order valence-corrected chi connectivity index (χ4v) is 3.11. The number of hydrogen-bond donors (Lipinski definition) is 1. The molecule has 1 aromatic carbocycles. The second-order valence-electron chi connectivity index (χ2n) is 5.24. The van der Waals surface area contributed by atoms with E-state index in [1.807, 2.05) is 18.7 Å². The molecule has 3 unspecified atom stereocenters. The molecule has 2 rings (SSSR count). The lowest BCUT2D eigenvalue weighted by Crippen LogP contribution is -2.35. The minimum absolute atomic E-state index is 0.119. The number of carbonyl (C=O) groups is 1. The Bertz CT molecular complexity index is 506. The van der Waals surface area contributed by atoms with Gasteiger partial charge in [0, 0.05) is 17.6 Å². The largest absolute Gasteiger partial charge is 0.496 e. The van der Waals surface area contributed by atoms with Crippen LogP contribution < -0.4 is 4.74 Å². The third-order valence-electron chi connectivity index (χ3n) is 4.27. The Morgan fingerprint density at radius 1 is 1.55 bits per heavy atom. The van der Waals surface area contributed by atoms with Gasteiger partial charge in [0.15, 0.2) is 0 Å². The molecule has 0 aromatic heterocycles. The maximum atomic E-state index is 14.1. The number of carboxylic acids is 1. The zero-order valence-corrected chi connectivity index (χ0v) is 12.0. The van der Waals surface area contributed by atoms with Crippen molar-refractivity contribution in [3.63, 3.8) is 0 Å². The molecule has 5 heteroatoms. The minimum atomic E-state index is -0.785. The van der Waals surface area contributed by atoms with Gasteiger partial charge < -0.3 is 9.84 Å². The van der Waals surface area contributed by atoms with Crippen LogP contribution in [0.5, 0.6) is 5.75 Å². The highest BCUT2D eigenvalue weighted by atomic mass is 19.1. The van der Waals surface area contributed by atoms with E-state index in [2.05, 4.69) is 0 Å². The van der Waals surface area contributed by atoms with Gasteiger partial charge in [0.25, 0.3) is 0 Å². The summed E-state index contributed by atoms with van der Waals surface area (Å²) in [5.74, 6) is -0.991. The van der Waals surface area contributed by atoms with Crippen LogP contribution in [0.3, 0.4) is 0 Å². The van der Waals surface area contributed by atoms with Crippen LogP contribution in [0.2, 0.25) is 0 Å². The number of carboxylic acid groups (broad SMARTS) is 1. The molecule has 1 aromatic rings. The van der Waals surface area contributed by atoms with Crippen LogP contribution in [0.25, 0.3) is 0 Å². The van der Waals surface area contributed by atoms with Crippen molar-refractivity contribution < 1.29 is 19.0 Å². The molecule has 3 atom stereocenters. The van der Waals surface area contributed by atoms with Crippen molar-refractivity contribution in [2.45, 2.75) is 32.4 Å². The first-order valence-corrected chi connectivity index (χ1v) is 6.78. The monoisotopic (exact) mass is 281 g/mol. The van der Waals surface area contributed by atoms with Gasteiger partial charge in [-0.25, -0.2) is 4.39 Å². The predicted molar refractivity (Wildman–Crippen MR) is 73.3 cm³/mol. The van der Waals surface area contributed by atoms with Gasteiger partial charge in [0.2, 0.25) is 0 Å². The number of benzene rings is 1. The minimum Gasteiger partial charge on any atom is -0.496 e. The Morgan fingerprint density at radius 2 is 2.25 bits per heavy atom. The highest BCUT2D eigenvalue weighted by Gasteiger charge is 2.39. The van der Waals surface area contributed by atoms with Crippen LogP contribution >= 0.6 is 0 Å². The molecule has 0 saturated carbocycles. The van der Waals surface area contributed by atoms with Crippen molar-refractivity contribution in [3.05, 3.63) is 29.6 Å². The van der Waals surface area contributed by atoms with Crippen LogP contribution in [0.4, 0.5) is 4.39 Å². The van der Waals surface area contributed by atoms with Crippen molar-refractivity contribution in [2.75, 3.05) is 13.7 Å². The smallest absolute Gasteiger partial charge is 0.308 e. The average Bonchev–Trinajstić information content (AvgIpc) is 2.79. The summed E-state index contributed by atoms with van der Waals surface area (Å²) in [6, 6.07) is 4.41. The van der Waals surface area contributed by atoms with Crippen LogP contribution in [-0.4, -0.2) is 35.7 Å². The number of nitrogens with zero attached hydrogens (tertiary/aromatic N) is 1. The first-order chi connectivity index (χ1) is 9.47. The van der Waals surface area contributed by atoms with Gasteiger partial charge >= 0.3 is 5.97 Å². The summed E-state index contributed by atoms with van der Waals surface area (Å²) < 4.78 is 19.3. The summed E-state index contributed by atoms with van der Waals surface area (Å²) in [5, 5.41) is 9.18. The summed E-state index contributed by atoms with van der Waals surface area (Å²) in [4.78, 5) is 13.2. The Hall–Kier alpha value is -1.62. The van der Waals surface area contributed by atoms with Crippen molar-refractivity contribution in [3.8, 4) is 5.75 Å². The number of rotatable bonds is 4. The summed E-state index contributed by atoms with van der Waals surface area (Å²) in [6.45, 7) is 4.42. The van der Waals surface area contributed by atoms with E-state index < -0.39 is 11.9 Å². The van der Waals surface area contributed by atoms with Gasteiger partial charge in [0.1, 0.15) is 11.6 Å². The molecular weight excluding hydrogens is 261 g/mol. The zero-order valence-electron chi connectivity index (χ0n) is 12.0. The lowest BCUT2D eigenvalue weighted by molar-refractivity contribution is -0.142. The van der Waals surface area contributed by atoms with Gasteiger partial charge in [-0.2, -0.15) is 0 Å². The maximum absolute atomic E-state index is 14.1. The molecule has 0 bridgehead atoms. The molecule has 1 aliphatic heterocycles. The highest BCUT2D eigenvalue weighted by Crippen LogP contribution is 2.37. The first kappa shape index (κ1) is 14.8. The van der Waals surface area contributed by atoms with Crippen LogP contribution in [0, 0.1) is 11.7 Å². The molecule has 0 amide bonds. The van der Waals surface area contributed by atoms with Crippen molar-refractivity contribution in [1.82, 2.24) is 4.90 Å². The van der Waals surface area contributed by atoms with Gasteiger partial charge in [-0.15, -0.1) is 0 Å². The predicted octanol–water partition coefficient (Wildman–Crippen LogP) is 2.69. The van der Waals surface area contributed by atoms with Crippen molar-refractivity contribution in [1.29, 1.82) is 0 Å². The molecule has 0 radical (unpaired) electrons. The zero-order chi connectivity index (χ0) is 14.9. The molecule has 1 heterocycles. The highest BCUT2D eigenvalue weighted by molar-refractivity contribution is 5.71. The quantitative estimate of drug-likeness (QED) is 0.922. The molecule has 20 heavy (non-hydrogen) atoms. The van der Waals surface area contributed by atoms with Crippen LogP contribution in [0.15, 0.2) is 18.2 Å². The number of hydrogen-bond acceptors (Lipinski definition) is 3. The van der Waals surface area contributed by atoms with E-state index in [1.54, 1.807) is 12.1 Å².